The summed E-state index contributed by atoms with van der Waals surface area (Å²) in [6.07, 6.45) is 7.08. The fourth-order valence-electron chi connectivity index (χ4n) is 6.22. The molecule has 1 aromatic heterocycles. The molecular formula is C33H40N4O6. The number of aromatic nitrogens is 1. The average molecular weight is 589 g/mol. The average Bonchev–Trinajstić information content (AvgIpc) is 3.68. The first-order valence-corrected chi connectivity index (χ1v) is 15.3. The van der Waals surface area contributed by atoms with Crippen LogP contribution in [0.25, 0.3) is 10.9 Å². The van der Waals surface area contributed by atoms with Crippen molar-refractivity contribution >= 4 is 34.6 Å². The lowest BCUT2D eigenvalue weighted by molar-refractivity contribution is -0.154. The molecule has 1 unspecified atom stereocenters. The number of para-hydroxylation sites is 1. The highest BCUT2D eigenvalue weighted by Crippen LogP contribution is 2.32. The molecular weight excluding hydrogens is 548 g/mol. The number of H-pyrrole nitrogens is 1. The van der Waals surface area contributed by atoms with Gasteiger partial charge in [-0.1, -0.05) is 61.4 Å². The molecule has 1 aliphatic heterocycles. The molecule has 3 aromatic rings. The Hall–Kier alpha value is -4.18. The molecule has 5 rings (SSSR count). The Kier molecular flexibility index (Phi) is 10.1. The first kappa shape index (κ1) is 30.3. The molecule has 1 fully saturated rings. The molecule has 228 valence electrons. The van der Waals surface area contributed by atoms with Crippen LogP contribution in [0.15, 0.2) is 54.6 Å². The third-order valence-electron chi connectivity index (χ3n) is 8.54. The van der Waals surface area contributed by atoms with Crippen molar-refractivity contribution in [3.8, 4) is 0 Å². The summed E-state index contributed by atoms with van der Waals surface area (Å²) in [5.74, 6) is -1.44. The lowest BCUT2D eigenvalue weighted by Gasteiger charge is -2.36. The molecule has 1 aliphatic carbocycles. The van der Waals surface area contributed by atoms with E-state index in [4.69, 9.17) is 9.94 Å². The van der Waals surface area contributed by atoms with Crippen LogP contribution in [-0.2, 0) is 36.9 Å². The number of esters is 1. The number of hydrogen-bond acceptors (Lipinski definition) is 6. The summed E-state index contributed by atoms with van der Waals surface area (Å²) in [5, 5.41) is 12.6. The van der Waals surface area contributed by atoms with Gasteiger partial charge in [-0.2, -0.15) is 0 Å². The molecule has 4 N–H and O–H groups in total. The highest BCUT2D eigenvalue weighted by atomic mass is 16.5. The Morgan fingerprint density at radius 3 is 2.37 bits per heavy atom. The van der Waals surface area contributed by atoms with Crippen LogP contribution in [0.4, 0.5) is 0 Å². The third kappa shape index (κ3) is 7.43. The van der Waals surface area contributed by atoms with Crippen molar-refractivity contribution in [2.24, 2.45) is 0 Å². The molecule has 2 aromatic carbocycles. The zero-order valence-electron chi connectivity index (χ0n) is 24.3. The van der Waals surface area contributed by atoms with Crippen molar-refractivity contribution in [1.82, 2.24) is 20.7 Å². The van der Waals surface area contributed by atoms with E-state index >= 15 is 0 Å². The van der Waals surface area contributed by atoms with E-state index in [-0.39, 0.29) is 31.4 Å². The highest BCUT2D eigenvalue weighted by molar-refractivity contribution is 5.93. The summed E-state index contributed by atoms with van der Waals surface area (Å²) < 4.78 is 5.82. The molecule has 0 radical (unpaired) electrons. The Balaban J connectivity index is 1.33. The lowest BCUT2D eigenvalue weighted by Crippen LogP contribution is -2.53. The quantitative estimate of drug-likeness (QED) is 0.105. The van der Waals surface area contributed by atoms with Crippen molar-refractivity contribution in [2.45, 2.75) is 95.4 Å². The van der Waals surface area contributed by atoms with Crippen LogP contribution in [0.5, 0.6) is 0 Å². The van der Waals surface area contributed by atoms with Gasteiger partial charge in [-0.15, -0.1) is 0 Å². The maximum atomic E-state index is 14.0. The first-order valence-electron chi connectivity index (χ1n) is 15.3. The third-order valence-corrected chi connectivity index (χ3v) is 8.54. The number of rotatable bonds is 12. The Labute approximate surface area is 251 Å². The van der Waals surface area contributed by atoms with Gasteiger partial charge in [-0.05, 0) is 55.7 Å². The topological polar surface area (TPSA) is 141 Å². The lowest BCUT2D eigenvalue weighted by atomic mass is 9.94. The molecule has 10 heteroatoms. The van der Waals surface area contributed by atoms with Gasteiger partial charge in [0.2, 0.25) is 17.7 Å². The van der Waals surface area contributed by atoms with Crippen LogP contribution in [0.1, 0.15) is 87.1 Å². The van der Waals surface area contributed by atoms with Gasteiger partial charge in [0.1, 0.15) is 12.1 Å². The molecule has 0 spiro atoms. The fraction of sp³-hybridized carbons (Fsp3) is 0.455. The van der Waals surface area contributed by atoms with Crippen LogP contribution in [0, 0.1) is 0 Å². The number of nitrogens with zero attached hydrogens (tertiary/aromatic N) is 1. The summed E-state index contributed by atoms with van der Waals surface area (Å²) in [5.41, 5.74) is 5.13. The van der Waals surface area contributed by atoms with Crippen LogP contribution in [0.3, 0.4) is 0 Å². The molecule has 10 nitrogen and oxygen atoms in total. The monoisotopic (exact) mass is 588 g/mol. The summed E-state index contributed by atoms with van der Waals surface area (Å²) >= 11 is 0. The SMILES string of the molecule is O=C(CCCCCCC(=O)N1Cc2[nH]c3ccccc3c2CC1C(=O)N[C@H](C(=O)OC1CCCC1)c1ccccc1)NO. The van der Waals surface area contributed by atoms with Gasteiger partial charge in [0.15, 0.2) is 6.04 Å². The number of benzene rings is 2. The standard InChI is InChI=1S/C33H40N4O6/c38-29(36-42)18-6-1-2-7-19-30(39)37-21-27-25(24-16-10-11-17-26(24)34-27)20-28(37)32(40)35-31(22-12-4-3-5-13-22)33(41)43-23-14-8-9-15-23/h3-5,10-13,16-17,23,28,31,34,42H,1-2,6-9,14-15,18-21H2,(H,35,40)(H,36,38)/t28?,31-/m0/s1. The maximum absolute atomic E-state index is 14.0. The minimum Gasteiger partial charge on any atom is -0.461 e. The summed E-state index contributed by atoms with van der Waals surface area (Å²) in [6, 6.07) is 15.2. The van der Waals surface area contributed by atoms with Crippen molar-refractivity contribution < 1.29 is 29.1 Å². The number of ether oxygens (including phenoxy) is 1. The van der Waals surface area contributed by atoms with E-state index < -0.39 is 29.9 Å². The van der Waals surface area contributed by atoms with Gasteiger partial charge in [0.05, 0.1) is 6.54 Å². The van der Waals surface area contributed by atoms with E-state index in [1.54, 1.807) is 22.5 Å². The van der Waals surface area contributed by atoms with E-state index in [2.05, 4.69) is 10.3 Å². The number of amides is 3. The minimum absolute atomic E-state index is 0.137. The van der Waals surface area contributed by atoms with Crippen LogP contribution in [0.2, 0.25) is 0 Å². The van der Waals surface area contributed by atoms with Crippen LogP contribution in [-0.4, -0.2) is 50.9 Å². The molecule has 0 bridgehead atoms. The van der Waals surface area contributed by atoms with Gasteiger partial charge in [0.25, 0.3) is 0 Å². The van der Waals surface area contributed by atoms with Gasteiger partial charge in [-0.3, -0.25) is 19.6 Å². The van der Waals surface area contributed by atoms with E-state index in [0.29, 0.717) is 24.8 Å². The number of fused-ring (bicyclic) bond motifs is 3. The second-order valence-corrected chi connectivity index (χ2v) is 11.5. The maximum Gasteiger partial charge on any atom is 0.333 e. The second-order valence-electron chi connectivity index (χ2n) is 11.5. The van der Waals surface area contributed by atoms with E-state index in [1.165, 1.54) is 0 Å². The van der Waals surface area contributed by atoms with Crippen molar-refractivity contribution in [3.05, 3.63) is 71.4 Å². The zero-order chi connectivity index (χ0) is 30.2. The predicted octanol–water partition coefficient (Wildman–Crippen LogP) is 4.61. The number of aromatic amines is 1. The van der Waals surface area contributed by atoms with Crippen molar-refractivity contribution in [3.63, 3.8) is 0 Å². The second kappa shape index (κ2) is 14.3. The number of unbranched alkanes of at least 4 members (excludes halogenated alkanes) is 3. The van der Waals surface area contributed by atoms with E-state index in [0.717, 1.165) is 60.7 Å². The number of carbonyl (C=O) groups excluding carboxylic acids is 4. The molecule has 2 atom stereocenters. The molecule has 2 aliphatic rings. The van der Waals surface area contributed by atoms with Crippen molar-refractivity contribution in [1.29, 1.82) is 0 Å². The number of hydrogen-bond donors (Lipinski definition) is 4. The van der Waals surface area contributed by atoms with Gasteiger partial charge in [-0.25, -0.2) is 10.3 Å². The molecule has 43 heavy (non-hydrogen) atoms. The summed E-state index contributed by atoms with van der Waals surface area (Å²) in [7, 11) is 0. The Morgan fingerprint density at radius 2 is 1.63 bits per heavy atom. The van der Waals surface area contributed by atoms with Crippen LogP contribution >= 0.6 is 0 Å². The van der Waals surface area contributed by atoms with E-state index in [9.17, 15) is 19.2 Å². The highest BCUT2D eigenvalue weighted by Gasteiger charge is 2.38. The summed E-state index contributed by atoms with van der Waals surface area (Å²) in [6.45, 7) is 0.264. The molecule has 0 saturated heterocycles. The van der Waals surface area contributed by atoms with Gasteiger partial charge in [0, 0.05) is 35.9 Å². The van der Waals surface area contributed by atoms with Gasteiger partial charge < -0.3 is 19.9 Å². The smallest absolute Gasteiger partial charge is 0.333 e. The predicted molar refractivity (Wildman–Crippen MR) is 160 cm³/mol. The minimum atomic E-state index is -0.980. The van der Waals surface area contributed by atoms with Gasteiger partial charge >= 0.3 is 5.97 Å². The molecule has 1 saturated carbocycles. The normalized spacial score (nSPS) is 17.3. The fourth-order valence-corrected chi connectivity index (χ4v) is 6.22. The molecule has 3 amide bonds. The number of carbonyl (C=O) groups is 4. The van der Waals surface area contributed by atoms with Crippen LogP contribution < -0.4 is 10.8 Å². The zero-order valence-corrected chi connectivity index (χ0v) is 24.3. The summed E-state index contributed by atoms with van der Waals surface area (Å²) in [4.78, 5) is 57.3. The van der Waals surface area contributed by atoms with Crippen molar-refractivity contribution in [2.75, 3.05) is 0 Å². The first-order chi connectivity index (χ1) is 20.9. The van der Waals surface area contributed by atoms with E-state index in [1.807, 2.05) is 42.5 Å². The Bertz CT molecular complexity index is 1430. The Morgan fingerprint density at radius 1 is 0.930 bits per heavy atom. The largest absolute Gasteiger partial charge is 0.461 e. The number of nitrogens with one attached hydrogen (secondary N) is 3. The number of hydroxylamine groups is 1. The molecule has 2 heterocycles.